The second-order valence-electron chi connectivity index (χ2n) is 7.86. The van der Waals surface area contributed by atoms with Crippen LogP contribution in [0.15, 0.2) is 59.5 Å². The number of thioether (sulfide) groups is 1. The van der Waals surface area contributed by atoms with Gasteiger partial charge in [0.05, 0.1) is 29.9 Å². The summed E-state index contributed by atoms with van der Waals surface area (Å²) in [4.78, 5) is 39.1. The quantitative estimate of drug-likeness (QED) is 0.381. The first-order chi connectivity index (χ1) is 17.6. The van der Waals surface area contributed by atoms with Crippen LogP contribution in [0.1, 0.15) is 18.1 Å². The van der Waals surface area contributed by atoms with Gasteiger partial charge in [0.15, 0.2) is 0 Å². The van der Waals surface area contributed by atoms with Crippen LogP contribution in [-0.2, 0) is 15.8 Å². The van der Waals surface area contributed by atoms with Crippen LogP contribution < -0.4 is 14.8 Å². The third-order valence-electron chi connectivity index (χ3n) is 5.48. The third kappa shape index (κ3) is 5.56. The predicted octanol–water partition coefficient (Wildman–Crippen LogP) is 5.94. The molecule has 0 radical (unpaired) electrons. The van der Waals surface area contributed by atoms with E-state index in [4.69, 9.17) is 9.47 Å². The first-order valence-corrected chi connectivity index (χ1v) is 11.9. The van der Waals surface area contributed by atoms with Gasteiger partial charge in [-0.2, -0.15) is 13.2 Å². The van der Waals surface area contributed by atoms with Crippen LogP contribution in [0.2, 0.25) is 0 Å². The molecular formula is C26H21F3N2O5S. The van der Waals surface area contributed by atoms with E-state index in [9.17, 15) is 27.6 Å². The van der Waals surface area contributed by atoms with Crippen LogP contribution in [0.25, 0.3) is 16.8 Å². The number of carbonyl (C=O) groups is 3. The van der Waals surface area contributed by atoms with Crippen molar-refractivity contribution in [2.24, 2.45) is 0 Å². The number of ether oxygens (including phenoxy) is 2. The highest BCUT2D eigenvalue weighted by Crippen LogP contribution is 2.38. The molecule has 1 aliphatic rings. The van der Waals surface area contributed by atoms with Crippen molar-refractivity contribution in [1.82, 2.24) is 4.90 Å². The Kier molecular flexibility index (Phi) is 7.44. The maximum Gasteiger partial charge on any atom is 0.416 e. The Morgan fingerprint density at radius 3 is 2.51 bits per heavy atom. The van der Waals surface area contributed by atoms with E-state index in [1.54, 1.807) is 12.1 Å². The highest BCUT2D eigenvalue weighted by molar-refractivity contribution is 8.18. The van der Waals surface area contributed by atoms with Crippen molar-refractivity contribution in [2.45, 2.75) is 13.1 Å². The van der Waals surface area contributed by atoms with E-state index in [-0.39, 0.29) is 16.3 Å². The number of amides is 3. The Morgan fingerprint density at radius 2 is 1.81 bits per heavy atom. The molecule has 1 heterocycles. The van der Waals surface area contributed by atoms with Crippen molar-refractivity contribution in [3.05, 3.63) is 70.6 Å². The largest absolute Gasteiger partial charge is 0.495 e. The van der Waals surface area contributed by atoms with E-state index in [2.05, 4.69) is 5.32 Å². The fraction of sp³-hybridized carbons (Fsp3) is 0.192. The molecule has 7 nitrogen and oxygen atoms in total. The second kappa shape index (κ2) is 10.6. The van der Waals surface area contributed by atoms with E-state index >= 15 is 0 Å². The van der Waals surface area contributed by atoms with E-state index in [0.29, 0.717) is 29.7 Å². The summed E-state index contributed by atoms with van der Waals surface area (Å²) in [5, 5.41) is 3.34. The van der Waals surface area contributed by atoms with Gasteiger partial charge in [-0.1, -0.05) is 30.3 Å². The number of nitrogens with one attached hydrogen (secondary N) is 1. The normalized spacial score (nSPS) is 14.9. The lowest BCUT2D eigenvalue weighted by Crippen LogP contribution is -2.36. The Balaban J connectivity index is 1.58. The van der Waals surface area contributed by atoms with Gasteiger partial charge in [-0.25, -0.2) is 0 Å². The summed E-state index contributed by atoms with van der Waals surface area (Å²) in [5.74, 6) is -1.03. The Morgan fingerprint density at radius 1 is 1.08 bits per heavy atom. The monoisotopic (exact) mass is 530 g/mol. The fourth-order valence-corrected chi connectivity index (χ4v) is 4.61. The standard InChI is InChI=1S/C26H21F3N2O5S/c1-3-36-20-10-8-15-6-4-5-7-17(15)18(20)13-22-24(33)31(25(34)37-22)14-23(32)30-19-12-16(26(27,28)29)9-11-21(19)35-2/h4-13H,3,14H2,1-2H3,(H,30,32)/b22-13-. The van der Waals surface area contributed by atoms with Crippen LogP contribution in [0, 0.1) is 0 Å². The van der Waals surface area contributed by atoms with E-state index in [1.807, 2.05) is 37.3 Å². The van der Waals surface area contributed by atoms with Gasteiger partial charge in [-0.3, -0.25) is 19.3 Å². The summed E-state index contributed by atoms with van der Waals surface area (Å²) in [6, 6.07) is 13.8. The number of halogens is 3. The maximum atomic E-state index is 13.1. The van der Waals surface area contributed by atoms with Crippen LogP contribution in [-0.4, -0.2) is 42.2 Å². The summed E-state index contributed by atoms with van der Waals surface area (Å²) in [7, 11) is 1.24. The van der Waals surface area contributed by atoms with Gasteiger partial charge in [0.1, 0.15) is 18.0 Å². The molecule has 0 spiro atoms. The maximum absolute atomic E-state index is 13.1. The average molecular weight is 531 g/mol. The topological polar surface area (TPSA) is 84.9 Å². The Labute approximate surface area is 214 Å². The highest BCUT2D eigenvalue weighted by atomic mass is 32.2. The van der Waals surface area contributed by atoms with E-state index in [0.717, 1.165) is 33.9 Å². The van der Waals surface area contributed by atoms with Gasteiger partial charge >= 0.3 is 6.18 Å². The summed E-state index contributed by atoms with van der Waals surface area (Å²) in [6.07, 6.45) is -3.09. The van der Waals surface area contributed by atoms with Gasteiger partial charge < -0.3 is 14.8 Å². The number of benzene rings is 3. The minimum absolute atomic E-state index is 0.00482. The van der Waals surface area contributed by atoms with Crippen molar-refractivity contribution >= 4 is 51.4 Å². The lowest BCUT2D eigenvalue weighted by molar-refractivity contribution is -0.137. The molecule has 0 bridgehead atoms. The zero-order chi connectivity index (χ0) is 26.7. The van der Waals surface area contributed by atoms with Crippen LogP contribution >= 0.6 is 11.8 Å². The molecule has 11 heteroatoms. The summed E-state index contributed by atoms with van der Waals surface area (Å²) >= 11 is 0.663. The number of alkyl halides is 3. The van der Waals surface area contributed by atoms with Gasteiger partial charge in [0.25, 0.3) is 11.1 Å². The summed E-state index contributed by atoms with van der Waals surface area (Å²) in [6.45, 7) is 1.53. The SMILES string of the molecule is CCOc1ccc2ccccc2c1/C=C1\SC(=O)N(CC(=O)Nc2cc(C(F)(F)F)ccc2OC)C1=O. The lowest BCUT2D eigenvalue weighted by Gasteiger charge is -2.16. The number of imide groups is 1. The van der Waals surface area contributed by atoms with Gasteiger partial charge in [0, 0.05) is 5.56 Å². The smallest absolute Gasteiger partial charge is 0.416 e. The molecule has 192 valence electrons. The number of fused-ring (bicyclic) bond motifs is 1. The van der Waals surface area contributed by atoms with Crippen molar-refractivity contribution in [3.63, 3.8) is 0 Å². The number of hydrogen-bond acceptors (Lipinski definition) is 6. The zero-order valence-corrected chi connectivity index (χ0v) is 20.5. The lowest BCUT2D eigenvalue weighted by atomic mass is 10.0. The van der Waals surface area contributed by atoms with Crippen LogP contribution in [0.4, 0.5) is 23.7 Å². The molecule has 3 amide bonds. The third-order valence-corrected chi connectivity index (χ3v) is 6.39. The van der Waals surface area contributed by atoms with Crippen molar-refractivity contribution in [3.8, 4) is 11.5 Å². The first-order valence-electron chi connectivity index (χ1n) is 11.1. The summed E-state index contributed by atoms with van der Waals surface area (Å²) < 4.78 is 50.0. The molecule has 1 aliphatic heterocycles. The fourth-order valence-electron chi connectivity index (χ4n) is 3.79. The van der Waals surface area contributed by atoms with Crippen molar-refractivity contribution in [1.29, 1.82) is 0 Å². The molecule has 1 saturated heterocycles. The number of nitrogens with zero attached hydrogens (tertiary/aromatic N) is 1. The van der Waals surface area contributed by atoms with Crippen molar-refractivity contribution < 1.29 is 37.0 Å². The number of rotatable bonds is 7. The molecule has 0 aromatic heterocycles. The summed E-state index contributed by atoms with van der Waals surface area (Å²) in [5.41, 5.74) is -0.608. The zero-order valence-electron chi connectivity index (χ0n) is 19.7. The molecule has 37 heavy (non-hydrogen) atoms. The Bertz CT molecular complexity index is 1420. The van der Waals surface area contributed by atoms with Crippen molar-refractivity contribution in [2.75, 3.05) is 25.6 Å². The van der Waals surface area contributed by atoms with E-state index in [1.165, 1.54) is 7.11 Å². The molecule has 3 aromatic rings. The van der Waals surface area contributed by atoms with Crippen LogP contribution in [0.5, 0.6) is 11.5 Å². The van der Waals surface area contributed by atoms with Gasteiger partial charge in [-0.05, 0) is 59.8 Å². The number of methoxy groups -OCH3 is 1. The number of hydrogen-bond donors (Lipinski definition) is 1. The van der Waals surface area contributed by atoms with Gasteiger partial charge in [0.2, 0.25) is 5.91 Å². The molecule has 0 aliphatic carbocycles. The second-order valence-corrected chi connectivity index (χ2v) is 8.85. The molecule has 0 saturated carbocycles. The van der Waals surface area contributed by atoms with Crippen LogP contribution in [0.3, 0.4) is 0 Å². The minimum atomic E-state index is -4.63. The molecule has 3 aromatic carbocycles. The molecule has 0 atom stereocenters. The number of anilines is 1. The minimum Gasteiger partial charge on any atom is -0.495 e. The molecule has 0 unspecified atom stereocenters. The Hall–Kier alpha value is -3.99. The number of carbonyl (C=O) groups excluding carboxylic acids is 3. The average Bonchev–Trinajstić information content (AvgIpc) is 3.12. The molecule has 4 rings (SSSR count). The molecule has 1 N–H and O–H groups in total. The van der Waals surface area contributed by atoms with Gasteiger partial charge in [-0.15, -0.1) is 0 Å². The molecular weight excluding hydrogens is 509 g/mol. The highest BCUT2D eigenvalue weighted by Gasteiger charge is 2.37. The first kappa shape index (κ1) is 26.1. The molecule has 1 fully saturated rings. The predicted molar refractivity (Wildman–Crippen MR) is 134 cm³/mol. The van der Waals surface area contributed by atoms with E-state index < -0.39 is 35.3 Å².